The van der Waals surface area contributed by atoms with Crippen LogP contribution in [0.15, 0.2) is 18.2 Å². The van der Waals surface area contributed by atoms with Crippen LogP contribution in [0.5, 0.6) is 0 Å². The largest absolute Gasteiger partial charge is 0.287 e. The summed E-state index contributed by atoms with van der Waals surface area (Å²) in [6.07, 6.45) is 4.87. The molecular formula is C14H14OS2. The number of thiophene rings is 2. The second kappa shape index (κ2) is 4.39. The lowest BCUT2D eigenvalue weighted by atomic mass is 9.99. The van der Waals surface area contributed by atoms with Gasteiger partial charge in [-0.3, -0.25) is 4.79 Å². The van der Waals surface area contributed by atoms with E-state index in [0.717, 1.165) is 22.6 Å². The Labute approximate surface area is 109 Å². The first kappa shape index (κ1) is 11.2. The SMILES string of the molecule is Cc1ccc(C(=O)c2cc3c(s2)CCCC3)s1. The summed E-state index contributed by atoms with van der Waals surface area (Å²) < 4.78 is 0. The number of ketones is 1. The van der Waals surface area contributed by atoms with Gasteiger partial charge in [0.1, 0.15) is 0 Å². The summed E-state index contributed by atoms with van der Waals surface area (Å²) in [5.41, 5.74) is 1.41. The van der Waals surface area contributed by atoms with Crippen molar-refractivity contribution in [3.8, 4) is 0 Å². The molecule has 0 bridgehead atoms. The van der Waals surface area contributed by atoms with Crippen LogP contribution in [0.4, 0.5) is 0 Å². The van der Waals surface area contributed by atoms with Gasteiger partial charge in [-0.05, 0) is 56.4 Å². The van der Waals surface area contributed by atoms with Gasteiger partial charge in [0.15, 0.2) is 0 Å². The van der Waals surface area contributed by atoms with E-state index in [4.69, 9.17) is 0 Å². The summed E-state index contributed by atoms with van der Waals surface area (Å²) in [4.78, 5) is 16.7. The predicted molar refractivity (Wildman–Crippen MR) is 73.4 cm³/mol. The van der Waals surface area contributed by atoms with E-state index >= 15 is 0 Å². The number of aryl methyl sites for hydroxylation is 3. The smallest absolute Gasteiger partial charge is 0.212 e. The topological polar surface area (TPSA) is 17.1 Å². The third kappa shape index (κ3) is 2.09. The molecule has 0 aromatic carbocycles. The summed E-state index contributed by atoms with van der Waals surface area (Å²) in [7, 11) is 0. The molecule has 2 aromatic heterocycles. The summed E-state index contributed by atoms with van der Waals surface area (Å²) >= 11 is 3.30. The van der Waals surface area contributed by atoms with E-state index in [9.17, 15) is 4.79 Å². The lowest BCUT2D eigenvalue weighted by molar-refractivity contribution is 0.104. The van der Waals surface area contributed by atoms with E-state index in [1.54, 1.807) is 22.7 Å². The average molecular weight is 262 g/mol. The molecule has 1 aliphatic carbocycles. The van der Waals surface area contributed by atoms with E-state index in [0.29, 0.717) is 0 Å². The number of carbonyl (C=O) groups is 1. The first-order valence-electron chi connectivity index (χ1n) is 5.97. The van der Waals surface area contributed by atoms with Crippen molar-refractivity contribution < 1.29 is 4.79 Å². The fraction of sp³-hybridized carbons (Fsp3) is 0.357. The first-order chi connectivity index (χ1) is 8.24. The van der Waals surface area contributed by atoms with E-state index in [1.807, 2.05) is 19.1 Å². The van der Waals surface area contributed by atoms with E-state index < -0.39 is 0 Å². The lowest BCUT2D eigenvalue weighted by Gasteiger charge is -2.08. The zero-order valence-corrected chi connectivity index (χ0v) is 11.4. The van der Waals surface area contributed by atoms with Gasteiger partial charge in [-0.15, -0.1) is 22.7 Å². The maximum atomic E-state index is 12.3. The van der Waals surface area contributed by atoms with Crippen LogP contribution >= 0.6 is 22.7 Å². The van der Waals surface area contributed by atoms with Gasteiger partial charge in [0.2, 0.25) is 5.78 Å². The molecule has 0 unspecified atom stereocenters. The average Bonchev–Trinajstić information content (AvgIpc) is 2.93. The predicted octanol–water partition coefficient (Wildman–Crippen LogP) is 4.23. The van der Waals surface area contributed by atoms with Crippen LogP contribution in [-0.4, -0.2) is 5.78 Å². The molecule has 0 radical (unpaired) electrons. The van der Waals surface area contributed by atoms with E-state index in [-0.39, 0.29) is 5.78 Å². The molecular weight excluding hydrogens is 248 g/mol. The third-order valence-electron chi connectivity index (χ3n) is 3.18. The second-order valence-electron chi connectivity index (χ2n) is 4.51. The van der Waals surface area contributed by atoms with Crippen molar-refractivity contribution >= 4 is 28.5 Å². The minimum absolute atomic E-state index is 0.211. The van der Waals surface area contributed by atoms with Gasteiger partial charge in [0, 0.05) is 9.75 Å². The highest BCUT2D eigenvalue weighted by Crippen LogP contribution is 2.31. The van der Waals surface area contributed by atoms with Crippen molar-refractivity contribution in [3.05, 3.63) is 43.3 Å². The molecule has 3 heteroatoms. The highest BCUT2D eigenvalue weighted by molar-refractivity contribution is 7.17. The van der Waals surface area contributed by atoms with Crippen LogP contribution in [0.3, 0.4) is 0 Å². The summed E-state index contributed by atoms with van der Waals surface area (Å²) in [6.45, 7) is 2.04. The van der Waals surface area contributed by atoms with Crippen LogP contribution in [-0.2, 0) is 12.8 Å². The maximum absolute atomic E-state index is 12.3. The van der Waals surface area contributed by atoms with Gasteiger partial charge in [-0.2, -0.15) is 0 Å². The highest BCUT2D eigenvalue weighted by Gasteiger charge is 2.19. The number of rotatable bonds is 2. The Kier molecular flexibility index (Phi) is 2.89. The highest BCUT2D eigenvalue weighted by atomic mass is 32.1. The Morgan fingerprint density at radius 1 is 1.12 bits per heavy atom. The standard InChI is InChI=1S/C14H14OS2/c1-9-6-7-12(16-9)14(15)13-8-10-4-2-3-5-11(10)17-13/h6-8H,2-5H2,1H3. The molecule has 1 aliphatic rings. The molecule has 3 rings (SSSR count). The maximum Gasteiger partial charge on any atom is 0.212 e. The molecule has 0 amide bonds. The van der Waals surface area contributed by atoms with E-state index in [1.165, 1.54) is 28.2 Å². The van der Waals surface area contributed by atoms with Gasteiger partial charge >= 0.3 is 0 Å². The van der Waals surface area contributed by atoms with Crippen LogP contribution < -0.4 is 0 Å². The fourth-order valence-corrected chi connectivity index (χ4v) is 4.37. The molecule has 2 heterocycles. The third-order valence-corrected chi connectivity index (χ3v) is 5.42. The zero-order chi connectivity index (χ0) is 11.8. The Balaban J connectivity index is 1.94. The molecule has 0 saturated carbocycles. The molecule has 1 nitrogen and oxygen atoms in total. The molecule has 2 aromatic rings. The van der Waals surface area contributed by atoms with Gasteiger partial charge in [-0.1, -0.05) is 0 Å². The lowest BCUT2D eigenvalue weighted by Crippen LogP contribution is -1.97. The van der Waals surface area contributed by atoms with Gasteiger partial charge in [0.05, 0.1) is 9.75 Å². The van der Waals surface area contributed by atoms with Gasteiger partial charge < -0.3 is 0 Å². The van der Waals surface area contributed by atoms with Crippen molar-refractivity contribution in [3.63, 3.8) is 0 Å². The van der Waals surface area contributed by atoms with Crippen molar-refractivity contribution in [2.24, 2.45) is 0 Å². The zero-order valence-electron chi connectivity index (χ0n) is 9.79. The van der Waals surface area contributed by atoms with Crippen LogP contribution in [0.1, 0.15) is 42.7 Å². The molecule has 0 atom stereocenters. The van der Waals surface area contributed by atoms with Gasteiger partial charge in [0.25, 0.3) is 0 Å². The molecule has 0 aliphatic heterocycles. The number of hydrogen-bond donors (Lipinski definition) is 0. The molecule has 88 valence electrons. The Hall–Kier alpha value is -0.930. The van der Waals surface area contributed by atoms with Crippen molar-refractivity contribution in [2.75, 3.05) is 0 Å². The van der Waals surface area contributed by atoms with Crippen molar-refractivity contribution in [1.29, 1.82) is 0 Å². The molecule has 0 N–H and O–H groups in total. The Bertz CT molecular complexity index is 539. The molecule has 0 spiro atoms. The molecule has 17 heavy (non-hydrogen) atoms. The number of hydrogen-bond acceptors (Lipinski definition) is 3. The van der Waals surface area contributed by atoms with Gasteiger partial charge in [-0.25, -0.2) is 0 Å². The molecule has 0 fully saturated rings. The first-order valence-corrected chi connectivity index (χ1v) is 7.60. The number of carbonyl (C=O) groups excluding carboxylic acids is 1. The quantitative estimate of drug-likeness (QED) is 0.740. The summed E-state index contributed by atoms with van der Waals surface area (Å²) in [5, 5.41) is 0. The fourth-order valence-electron chi connectivity index (χ4n) is 2.28. The van der Waals surface area contributed by atoms with Crippen LogP contribution in [0, 0.1) is 6.92 Å². The molecule has 0 saturated heterocycles. The Morgan fingerprint density at radius 2 is 1.94 bits per heavy atom. The summed E-state index contributed by atoms with van der Waals surface area (Å²) in [5.74, 6) is 0.211. The summed E-state index contributed by atoms with van der Waals surface area (Å²) in [6, 6.07) is 6.09. The van der Waals surface area contributed by atoms with E-state index in [2.05, 4.69) is 6.07 Å². The number of fused-ring (bicyclic) bond motifs is 1. The second-order valence-corrected chi connectivity index (χ2v) is 6.93. The van der Waals surface area contributed by atoms with Crippen LogP contribution in [0.2, 0.25) is 0 Å². The van der Waals surface area contributed by atoms with Crippen LogP contribution in [0.25, 0.3) is 0 Å². The minimum Gasteiger partial charge on any atom is -0.287 e. The van der Waals surface area contributed by atoms with Crippen molar-refractivity contribution in [2.45, 2.75) is 32.6 Å². The van der Waals surface area contributed by atoms with Crippen molar-refractivity contribution in [1.82, 2.24) is 0 Å². The monoisotopic (exact) mass is 262 g/mol. The minimum atomic E-state index is 0.211. The normalized spacial score (nSPS) is 14.6. The Morgan fingerprint density at radius 3 is 2.65 bits per heavy atom.